The summed E-state index contributed by atoms with van der Waals surface area (Å²) >= 11 is 0. The third-order valence-corrected chi connectivity index (χ3v) is 3.18. The van der Waals surface area contributed by atoms with Crippen LogP contribution in [0.4, 0.5) is 10.1 Å². The standard InChI is InChI=1S/C17H20FN/c1-2-3-4-14-7-11-17(12-8-14)19-13-15-5-9-16(18)10-6-15/h5-12,19H,2-4,13H2,1H3. The van der Waals surface area contributed by atoms with Crippen LogP contribution in [-0.4, -0.2) is 0 Å². The Morgan fingerprint density at radius 2 is 1.53 bits per heavy atom. The van der Waals surface area contributed by atoms with Crippen LogP contribution in [0.15, 0.2) is 48.5 Å². The number of rotatable bonds is 6. The summed E-state index contributed by atoms with van der Waals surface area (Å²) < 4.78 is 12.8. The van der Waals surface area contributed by atoms with E-state index in [9.17, 15) is 4.39 Å². The van der Waals surface area contributed by atoms with Crippen molar-refractivity contribution < 1.29 is 4.39 Å². The maximum Gasteiger partial charge on any atom is 0.123 e. The van der Waals surface area contributed by atoms with E-state index in [1.54, 1.807) is 12.1 Å². The van der Waals surface area contributed by atoms with Gasteiger partial charge in [0.15, 0.2) is 0 Å². The predicted octanol–water partition coefficient (Wildman–Crippen LogP) is 4.78. The number of benzene rings is 2. The van der Waals surface area contributed by atoms with Crippen molar-refractivity contribution in [1.82, 2.24) is 0 Å². The van der Waals surface area contributed by atoms with Crippen molar-refractivity contribution in [3.05, 3.63) is 65.5 Å². The van der Waals surface area contributed by atoms with Gasteiger partial charge in [0.2, 0.25) is 0 Å². The third-order valence-electron chi connectivity index (χ3n) is 3.18. The summed E-state index contributed by atoms with van der Waals surface area (Å²) in [6.45, 7) is 2.92. The minimum atomic E-state index is -0.191. The number of aryl methyl sites for hydroxylation is 1. The zero-order valence-corrected chi connectivity index (χ0v) is 11.3. The second kappa shape index (κ2) is 6.93. The summed E-state index contributed by atoms with van der Waals surface area (Å²) in [5, 5.41) is 3.34. The average molecular weight is 257 g/mol. The van der Waals surface area contributed by atoms with Gasteiger partial charge in [0.05, 0.1) is 0 Å². The fourth-order valence-corrected chi connectivity index (χ4v) is 1.98. The first-order valence-corrected chi connectivity index (χ1v) is 6.85. The number of anilines is 1. The first kappa shape index (κ1) is 13.6. The molecule has 0 aliphatic heterocycles. The van der Waals surface area contributed by atoms with E-state index >= 15 is 0 Å². The lowest BCUT2D eigenvalue weighted by Crippen LogP contribution is -1.99. The number of hydrogen-bond donors (Lipinski definition) is 1. The molecular weight excluding hydrogens is 237 g/mol. The Hall–Kier alpha value is -1.83. The third kappa shape index (κ3) is 4.40. The van der Waals surface area contributed by atoms with E-state index in [1.165, 1.54) is 30.5 Å². The summed E-state index contributed by atoms with van der Waals surface area (Å²) in [6, 6.07) is 15.1. The highest BCUT2D eigenvalue weighted by atomic mass is 19.1. The van der Waals surface area contributed by atoms with Gasteiger partial charge in [-0.1, -0.05) is 37.6 Å². The van der Waals surface area contributed by atoms with Gasteiger partial charge in [0.25, 0.3) is 0 Å². The number of nitrogens with one attached hydrogen (secondary N) is 1. The Kier molecular flexibility index (Phi) is 4.96. The maximum atomic E-state index is 12.8. The van der Waals surface area contributed by atoms with Gasteiger partial charge in [-0.25, -0.2) is 4.39 Å². The molecule has 1 N–H and O–H groups in total. The van der Waals surface area contributed by atoms with Crippen LogP contribution in [0.3, 0.4) is 0 Å². The molecule has 0 fully saturated rings. The minimum Gasteiger partial charge on any atom is -0.381 e. The van der Waals surface area contributed by atoms with Crippen molar-refractivity contribution in [2.24, 2.45) is 0 Å². The second-order valence-corrected chi connectivity index (χ2v) is 4.78. The summed E-state index contributed by atoms with van der Waals surface area (Å²) in [5.41, 5.74) is 3.57. The zero-order valence-electron chi connectivity index (χ0n) is 11.3. The molecule has 0 bridgehead atoms. The molecule has 2 aromatic carbocycles. The van der Waals surface area contributed by atoms with E-state index in [1.807, 2.05) is 0 Å². The SMILES string of the molecule is CCCCc1ccc(NCc2ccc(F)cc2)cc1. The zero-order chi connectivity index (χ0) is 13.5. The van der Waals surface area contributed by atoms with E-state index in [0.717, 1.165) is 17.7 Å². The molecule has 0 unspecified atom stereocenters. The van der Waals surface area contributed by atoms with E-state index in [2.05, 4.69) is 36.5 Å². The van der Waals surface area contributed by atoms with Crippen LogP contribution < -0.4 is 5.32 Å². The summed E-state index contributed by atoms with van der Waals surface area (Å²) in [7, 11) is 0. The molecule has 0 aromatic heterocycles. The number of halogens is 1. The van der Waals surface area contributed by atoms with E-state index in [4.69, 9.17) is 0 Å². The number of unbranched alkanes of at least 4 members (excludes halogenated alkanes) is 1. The molecule has 2 rings (SSSR count). The van der Waals surface area contributed by atoms with Gasteiger partial charge in [-0.15, -0.1) is 0 Å². The summed E-state index contributed by atoms with van der Waals surface area (Å²) in [6.07, 6.45) is 3.61. The van der Waals surface area contributed by atoms with E-state index in [0.29, 0.717) is 6.54 Å². The van der Waals surface area contributed by atoms with Gasteiger partial charge in [-0.3, -0.25) is 0 Å². The van der Waals surface area contributed by atoms with Crippen LogP contribution in [-0.2, 0) is 13.0 Å². The first-order valence-electron chi connectivity index (χ1n) is 6.85. The normalized spacial score (nSPS) is 10.4. The van der Waals surface area contributed by atoms with Gasteiger partial charge in [0.1, 0.15) is 5.82 Å². The van der Waals surface area contributed by atoms with Crippen molar-refractivity contribution in [2.75, 3.05) is 5.32 Å². The van der Waals surface area contributed by atoms with Crippen molar-refractivity contribution in [1.29, 1.82) is 0 Å². The molecule has 0 atom stereocenters. The van der Waals surface area contributed by atoms with Gasteiger partial charge >= 0.3 is 0 Å². The smallest absolute Gasteiger partial charge is 0.123 e. The van der Waals surface area contributed by atoms with Gasteiger partial charge < -0.3 is 5.32 Å². The molecule has 1 nitrogen and oxygen atoms in total. The molecule has 0 aliphatic carbocycles. The Morgan fingerprint density at radius 3 is 2.16 bits per heavy atom. The molecule has 0 heterocycles. The molecule has 100 valence electrons. The van der Waals surface area contributed by atoms with E-state index < -0.39 is 0 Å². The lowest BCUT2D eigenvalue weighted by atomic mass is 10.1. The largest absolute Gasteiger partial charge is 0.381 e. The van der Waals surface area contributed by atoms with Crippen molar-refractivity contribution in [2.45, 2.75) is 32.7 Å². The molecular formula is C17H20FN. The highest BCUT2D eigenvalue weighted by Gasteiger charge is 1.96. The second-order valence-electron chi connectivity index (χ2n) is 4.78. The van der Waals surface area contributed by atoms with E-state index in [-0.39, 0.29) is 5.82 Å². The molecule has 0 saturated carbocycles. The highest BCUT2D eigenvalue weighted by molar-refractivity contribution is 5.45. The van der Waals surface area contributed by atoms with Gasteiger partial charge in [-0.2, -0.15) is 0 Å². The Morgan fingerprint density at radius 1 is 0.895 bits per heavy atom. The highest BCUT2D eigenvalue weighted by Crippen LogP contribution is 2.13. The van der Waals surface area contributed by atoms with Gasteiger partial charge in [-0.05, 0) is 48.2 Å². The minimum absolute atomic E-state index is 0.191. The fourth-order valence-electron chi connectivity index (χ4n) is 1.98. The average Bonchev–Trinajstić information content (AvgIpc) is 2.46. The molecule has 0 spiro atoms. The quantitative estimate of drug-likeness (QED) is 0.785. The lowest BCUT2D eigenvalue weighted by Gasteiger charge is -2.07. The summed E-state index contributed by atoms with van der Waals surface area (Å²) in [4.78, 5) is 0. The summed E-state index contributed by atoms with van der Waals surface area (Å²) in [5.74, 6) is -0.191. The Balaban J connectivity index is 1.87. The first-order chi connectivity index (χ1) is 9.28. The Bertz CT molecular complexity index is 488. The molecule has 0 radical (unpaired) electrons. The molecule has 0 amide bonds. The predicted molar refractivity (Wildman–Crippen MR) is 78.8 cm³/mol. The number of hydrogen-bond acceptors (Lipinski definition) is 1. The van der Waals surface area contributed by atoms with Crippen LogP contribution in [0.25, 0.3) is 0 Å². The molecule has 0 aliphatic rings. The van der Waals surface area contributed by atoms with Crippen LogP contribution in [0.5, 0.6) is 0 Å². The fraction of sp³-hybridized carbons (Fsp3) is 0.294. The van der Waals surface area contributed by atoms with Crippen LogP contribution in [0.1, 0.15) is 30.9 Å². The molecule has 2 heteroatoms. The monoisotopic (exact) mass is 257 g/mol. The van der Waals surface area contributed by atoms with Crippen LogP contribution in [0, 0.1) is 5.82 Å². The maximum absolute atomic E-state index is 12.8. The van der Waals surface area contributed by atoms with Crippen molar-refractivity contribution in [3.63, 3.8) is 0 Å². The molecule has 0 saturated heterocycles. The lowest BCUT2D eigenvalue weighted by molar-refractivity contribution is 0.627. The van der Waals surface area contributed by atoms with Crippen LogP contribution >= 0.6 is 0 Å². The van der Waals surface area contributed by atoms with Crippen LogP contribution in [0.2, 0.25) is 0 Å². The topological polar surface area (TPSA) is 12.0 Å². The molecule has 2 aromatic rings. The van der Waals surface area contributed by atoms with Gasteiger partial charge in [0, 0.05) is 12.2 Å². The van der Waals surface area contributed by atoms with Crippen molar-refractivity contribution in [3.8, 4) is 0 Å². The Labute approximate surface area is 114 Å². The van der Waals surface area contributed by atoms with Crippen molar-refractivity contribution >= 4 is 5.69 Å². The molecule has 19 heavy (non-hydrogen) atoms.